The second-order valence-corrected chi connectivity index (χ2v) is 5.76. The third kappa shape index (κ3) is 2.86. The maximum Gasteiger partial charge on any atom is 0.323 e. The fourth-order valence-electron chi connectivity index (χ4n) is 3.02. The molecule has 21 heavy (non-hydrogen) atoms. The molecular formula is C14H21N5O2. The number of rotatable bonds is 2. The molecule has 3 amide bonds. The Kier molecular flexibility index (Phi) is 3.81. The van der Waals surface area contributed by atoms with Crippen LogP contribution >= 0.6 is 0 Å². The molecule has 7 heteroatoms. The van der Waals surface area contributed by atoms with E-state index in [9.17, 15) is 9.59 Å². The summed E-state index contributed by atoms with van der Waals surface area (Å²) < 4.78 is 1.93. The number of aryl methyl sites for hydroxylation is 1. The number of nitrogens with zero attached hydrogens (tertiary/aromatic N) is 3. The number of hydrogen-bond acceptors (Lipinski definition) is 3. The highest BCUT2D eigenvalue weighted by Gasteiger charge is 2.25. The number of aromatic nitrogens is 2. The van der Waals surface area contributed by atoms with Crippen LogP contribution in [-0.4, -0.2) is 46.3 Å². The van der Waals surface area contributed by atoms with E-state index in [1.165, 1.54) is 17.7 Å². The van der Waals surface area contributed by atoms with E-state index in [-0.39, 0.29) is 18.5 Å². The third-order valence-electron chi connectivity index (χ3n) is 4.20. The molecule has 7 nitrogen and oxygen atoms in total. The Morgan fingerprint density at radius 2 is 2.19 bits per heavy atom. The summed E-state index contributed by atoms with van der Waals surface area (Å²) >= 11 is 0. The van der Waals surface area contributed by atoms with Crippen LogP contribution in [0.5, 0.6) is 0 Å². The van der Waals surface area contributed by atoms with Crippen LogP contribution in [0.25, 0.3) is 0 Å². The van der Waals surface area contributed by atoms with Gasteiger partial charge in [-0.15, -0.1) is 0 Å². The number of piperazine rings is 1. The van der Waals surface area contributed by atoms with E-state index in [1.807, 2.05) is 11.6 Å². The molecule has 0 unspecified atom stereocenters. The standard InChI is InChI=1S/C14H21N5O2/c1-10-8-16-19(11-4-2-3-5-11)13(10)17-14(21)18-7-6-15-12(20)9-18/h8,11H,2-7,9H2,1H3,(H,15,20)(H,17,21). The Labute approximate surface area is 123 Å². The lowest BCUT2D eigenvalue weighted by Crippen LogP contribution is -2.51. The monoisotopic (exact) mass is 291 g/mol. The van der Waals surface area contributed by atoms with Gasteiger partial charge in [-0.3, -0.25) is 10.1 Å². The normalized spacial score (nSPS) is 19.7. The molecule has 0 bridgehead atoms. The lowest BCUT2D eigenvalue weighted by atomic mass is 10.2. The lowest BCUT2D eigenvalue weighted by Gasteiger charge is -2.27. The second kappa shape index (κ2) is 5.75. The number of nitrogens with one attached hydrogen (secondary N) is 2. The number of carbonyl (C=O) groups excluding carboxylic acids is 2. The van der Waals surface area contributed by atoms with Crippen molar-refractivity contribution in [3.05, 3.63) is 11.8 Å². The minimum absolute atomic E-state index is 0.113. The topological polar surface area (TPSA) is 79.3 Å². The van der Waals surface area contributed by atoms with Crippen molar-refractivity contribution in [3.8, 4) is 0 Å². The first-order valence-corrected chi connectivity index (χ1v) is 7.52. The van der Waals surface area contributed by atoms with Crippen LogP contribution < -0.4 is 10.6 Å². The van der Waals surface area contributed by atoms with Crippen molar-refractivity contribution in [2.45, 2.75) is 38.6 Å². The molecule has 2 heterocycles. The molecule has 114 valence electrons. The van der Waals surface area contributed by atoms with Gasteiger partial charge >= 0.3 is 6.03 Å². The highest BCUT2D eigenvalue weighted by Crippen LogP contribution is 2.32. The molecule has 1 saturated carbocycles. The largest absolute Gasteiger partial charge is 0.353 e. The van der Waals surface area contributed by atoms with Gasteiger partial charge in [0.1, 0.15) is 12.4 Å². The fourth-order valence-corrected chi connectivity index (χ4v) is 3.02. The number of urea groups is 1. The Morgan fingerprint density at radius 1 is 1.43 bits per heavy atom. The van der Waals surface area contributed by atoms with Gasteiger partial charge in [-0.1, -0.05) is 12.8 Å². The van der Waals surface area contributed by atoms with Crippen molar-refractivity contribution in [2.75, 3.05) is 25.0 Å². The van der Waals surface area contributed by atoms with E-state index in [4.69, 9.17) is 0 Å². The molecular weight excluding hydrogens is 270 g/mol. The summed E-state index contributed by atoms with van der Waals surface area (Å²) in [5.74, 6) is 0.648. The van der Waals surface area contributed by atoms with Crippen LogP contribution in [0, 0.1) is 6.92 Å². The second-order valence-electron chi connectivity index (χ2n) is 5.76. The molecule has 1 aliphatic heterocycles. The van der Waals surface area contributed by atoms with Crippen LogP contribution in [0.1, 0.15) is 37.3 Å². The van der Waals surface area contributed by atoms with Gasteiger partial charge in [-0.25, -0.2) is 9.48 Å². The summed E-state index contributed by atoms with van der Waals surface area (Å²) in [7, 11) is 0. The zero-order valence-electron chi connectivity index (χ0n) is 12.3. The van der Waals surface area contributed by atoms with Gasteiger partial charge in [0.15, 0.2) is 0 Å². The van der Waals surface area contributed by atoms with Gasteiger partial charge in [0.25, 0.3) is 0 Å². The first-order valence-electron chi connectivity index (χ1n) is 7.52. The summed E-state index contributed by atoms with van der Waals surface area (Å²) in [5, 5.41) is 10.1. The van der Waals surface area contributed by atoms with Crippen molar-refractivity contribution in [2.24, 2.45) is 0 Å². The van der Waals surface area contributed by atoms with E-state index in [0.717, 1.165) is 24.2 Å². The van der Waals surface area contributed by atoms with E-state index in [0.29, 0.717) is 19.1 Å². The number of amides is 3. The Bertz CT molecular complexity index is 548. The van der Waals surface area contributed by atoms with E-state index >= 15 is 0 Å². The predicted octanol–water partition coefficient (Wildman–Crippen LogP) is 1.27. The van der Waals surface area contributed by atoms with Crippen molar-refractivity contribution >= 4 is 17.8 Å². The van der Waals surface area contributed by atoms with Gasteiger partial charge in [0, 0.05) is 18.7 Å². The molecule has 0 atom stereocenters. The molecule has 2 aliphatic rings. The Hall–Kier alpha value is -2.05. The molecule has 0 spiro atoms. The summed E-state index contributed by atoms with van der Waals surface area (Å²) in [5.41, 5.74) is 0.955. The average Bonchev–Trinajstić information content (AvgIpc) is 3.10. The fraction of sp³-hybridized carbons (Fsp3) is 0.643. The molecule has 0 aromatic carbocycles. The molecule has 2 N–H and O–H groups in total. The van der Waals surface area contributed by atoms with Crippen LogP contribution in [0.3, 0.4) is 0 Å². The summed E-state index contributed by atoms with van der Waals surface area (Å²) in [4.78, 5) is 25.2. The van der Waals surface area contributed by atoms with E-state index < -0.39 is 0 Å². The Morgan fingerprint density at radius 3 is 2.90 bits per heavy atom. The number of hydrogen-bond donors (Lipinski definition) is 2. The zero-order valence-corrected chi connectivity index (χ0v) is 12.3. The highest BCUT2D eigenvalue weighted by atomic mass is 16.2. The SMILES string of the molecule is Cc1cnn(C2CCCC2)c1NC(=O)N1CCNC(=O)C1. The summed E-state index contributed by atoms with van der Waals surface area (Å²) in [6, 6.07) is 0.145. The van der Waals surface area contributed by atoms with Gasteiger partial charge in [-0.05, 0) is 19.8 Å². The van der Waals surface area contributed by atoms with E-state index in [2.05, 4.69) is 15.7 Å². The number of carbonyl (C=O) groups is 2. The van der Waals surface area contributed by atoms with Crippen LogP contribution in [0.4, 0.5) is 10.6 Å². The molecule has 0 radical (unpaired) electrons. The molecule has 1 aliphatic carbocycles. The summed E-state index contributed by atoms with van der Waals surface area (Å²) in [6.07, 6.45) is 6.43. The third-order valence-corrected chi connectivity index (χ3v) is 4.20. The minimum Gasteiger partial charge on any atom is -0.353 e. The smallest absolute Gasteiger partial charge is 0.323 e. The first-order chi connectivity index (χ1) is 10.1. The zero-order chi connectivity index (χ0) is 14.8. The number of anilines is 1. The van der Waals surface area contributed by atoms with Crippen LogP contribution in [-0.2, 0) is 4.79 Å². The van der Waals surface area contributed by atoms with Gasteiger partial charge in [-0.2, -0.15) is 5.10 Å². The van der Waals surface area contributed by atoms with Crippen molar-refractivity contribution in [1.29, 1.82) is 0 Å². The summed E-state index contributed by atoms with van der Waals surface area (Å²) in [6.45, 7) is 3.10. The van der Waals surface area contributed by atoms with Crippen LogP contribution in [0.2, 0.25) is 0 Å². The van der Waals surface area contributed by atoms with Crippen molar-refractivity contribution in [1.82, 2.24) is 20.0 Å². The van der Waals surface area contributed by atoms with Crippen molar-refractivity contribution in [3.63, 3.8) is 0 Å². The molecule has 3 rings (SSSR count). The van der Waals surface area contributed by atoms with Crippen LogP contribution in [0.15, 0.2) is 6.20 Å². The predicted molar refractivity (Wildman–Crippen MR) is 78.1 cm³/mol. The van der Waals surface area contributed by atoms with E-state index in [1.54, 1.807) is 6.20 Å². The lowest BCUT2D eigenvalue weighted by molar-refractivity contribution is -0.123. The quantitative estimate of drug-likeness (QED) is 0.861. The Balaban J connectivity index is 1.73. The maximum atomic E-state index is 12.3. The average molecular weight is 291 g/mol. The van der Waals surface area contributed by atoms with Gasteiger partial charge in [0.05, 0.1) is 12.2 Å². The molecule has 2 fully saturated rings. The van der Waals surface area contributed by atoms with Crippen molar-refractivity contribution < 1.29 is 9.59 Å². The maximum absolute atomic E-state index is 12.3. The highest BCUT2D eigenvalue weighted by molar-refractivity contribution is 5.92. The molecule has 1 aromatic rings. The molecule has 1 saturated heterocycles. The van der Waals surface area contributed by atoms with Gasteiger partial charge < -0.3 is 10.2 Å². The van der Waals surface area contributed by atoms with Gasteiger partial charge in [0.2, 0.25) is 5.91 Å². The first kappa shape index (κ1) is 13.9. The molecule has 1 aromatic heterocycles. The minimum atomic E-state index is -0.229.